The van der Waals surface area contributed by atoms with Crippen molar-refractivity contribution in [3.63, 3.8) is 0 Å². The summed E-state index contributed by atoms with van der Waals surface area (Å²) in [6.45, 7) is 3.13. The summed E-state index contributed by atoms with van der Waals surface area (Å²) >= 11 is 0. The van der Waals surface area contributed by atoms with Gasteiger partial charge < -0.3 is 4.90 Å². The normalized spacial score (nSPS) is 25.5. The first-order valence-electron chi connectivity index (χ1n) is 8.49. The molecule has 0 N–H and O–H groups in total. The highest BCUT2D eigenvalue weighted by atomic mass is 32.2. The second kappa shape index (κ2) is 6.30. The molecule has 0 spiro atoms. The number of nitrogens with zero attached hydrogens (tertiary/aromatic N) is 2. The lowest BCUT2D eigenvalue weighted by Crippen LogP contribution is -2.38. The van der Waals surface area contributed by atoms with Crippen LogP contribution in [0.2, 0.25) is 0 Å². The van der Waals surface area contributed by atoms with Crippen molar-refractivity contribution in [3.05, 3.63) is 29.8 Å². The van der Waals surface area contributed by atoms with E-state index in [9.17, 15) is 26.4 Å². The first-order chi connectivity index (χ1) is 12.3. The van der Waals surface area contributed by atoms with E-state index in [-0.39, 0.29) is 28.5 Å². The molecular formula is C17H22N2O6S2. The van der Waals surface area contributed by atoms with Gasteiger partial charge in [0.05, 0.1) is 28.4 Å². The maximum absolute atomic E-state index is 12.8. The van der Waals surface area contributed by atoms with Crippen molar-refractivity contribution in [2.24, 2.45) is 5.41 Å². The van der Waals surface area contributed by atoms with Gasteiger partial charge in [0.15, 0.2) is 9.84 Å². The number of rotatable bonds is 3. The molecule has 2 saturated heterocycles. The van der Waals surface area contributed by atoms with Gasteiger partial charge in [-0.25, -0.2) is 21.1 Å². The summed E-state index contributed by atoms with van der Waals surface area (Å²) < 4.78 is 48.9. The minimum absolute atomic E-state index is 0.0466. The van der Waals surface area contributed by atoms with Gasteiger partial charge in [0, 0.05) is 18.7 Å². The third-order valence-corrected chi connectivity index (χ3v) is 8.76. The first kappa shape index (κ1) is 19.8. The molecule has 0 radical (unpaired) electrons. The third-order valence-electron chi connectivity index (χ3n) is 4.99. The van der Waals surface area contributed by atoms with E-state index in [0.717, 1.165) is 4.31 Å². The minimum atomic E-state index is -3.81. The number of benzene rings is 1. The van der Waals surface area contributed by atoms with E-state index in [4.69, 9.17) is 0 Å². The number of hydrogen-bond acceptors (Lipinski definition) is 6. The molecule has 148 valence electrons. The Morgan fingerprint density at radius 1 is 1.22 bits per heavy atom. The van der Waals surface area contributed by atoms with Gasteiger partial charge in [-0.3, -0.25) is 9.59 Å². The standard InChI is InChI=1S/C17H22N2O6S2/c1-17(2)11-27(24,25)19(16(17)21)13-6-4-5-12(9-13)15(20)18(3)14-7-8-26(22,23)10-14/h4-6,9,14H,7-8,10-11H2,1-3H3. The Morgan fingerprint density at radius 2 is 1.89 bits per heavy atom. The van der Waals surface area contributed by atoms with Crippen LogP contribution >= 0.6 is 0 Å². The Kier molecular flexibility index (Phi) is 4.62. The van der Waals surface area contributed by atoms with Gasteiger partial charge in [-0.1, -0.05) is 6.07 Å². The van der Waals surface area contributed by atoms with Gasteiger partial charge in [0.1, 0.15) is 0 Å². The second-order valence-electron chi connectivity index (χ2n) is 7.73. The molecule has 27 heavy (non-hydrogen) atoms. The molecule has 2 amide bonds. The van der Waals surface area contributed by atoms with E-state index in [1.807, 2.05) is 0 Å². The highest BCUT2D eigenvalue weighted by Crippen LogP contribution is 2.36. The van der Waals surface area contributed by atoms with Crippen LogP contribution in [0.1, 0.15) is 30.6 Å². The van der Waals surface area contributed by atoms with Gasteiger partial charge in [-0.2, -0.15) is 0 Å². The van der Waals surface area contributed by atoms with E-state index in [0.29, 0.717) is 6.42 Å². The van der Waals surface area contributed by atoms with Crippen molar-refractivity contribution in [1.82, 2.24) is 4.90 Å². The van der Waals surface area contributed by atoms with Crippen LogP contribution in [-0.2, 0) is 24.7 Å². The predicted octanol–water partition coefficient (Wildman–Crippen LogP) is 0.648. The van der Waals surface area contributed by atoms with Crippen molar-refractivity contribution < 1.29 is 26.4 Å². The highest BCUT2D eigenvalue weighted by molar-refractivity contribution is 7.94. The zero-order valence-corrected chi connectivity index (χ0v) is 17.0. The van der Waals surface area contributed by atoms with Crippen LogP contribution in [0.15, 0.2) is 24.3 Å². The first-order valence-corrected chi connectivity index (χ1v) is 11.9. The van der Waals surface area contributed by atoms with Gasteiger partial charge in [-0.05, 0) is 38.5 Å². The van der Waals surface area contributed by atoms with Crippen molar-refractivity contribution in [3.8, 4) is 0 Å². The number of carbonyl (C=O) groups is 2. The molecule has 0 saturated carbocycles. The maximum atomic E-state index is 12.8. The average Bonchev–Trinajstić information content (AvgIpc) is 2.99. The van der Waals surface area contributed by atoms with Crippen LogP contribution in [0, 0.1) is 5.41 Å². The summed E-state index contributed by atoms with van der Waals surface area (Å²) in [5.74, 6) is -1.28. The van der Waals surface area contributed by atoms with Crippen molar-refractivity contribution in [1.29, 1.82) is 0 Å². The monoisotopic (exact) mass is 414 g/mol. The molecule has 2 aliphatic rings. The molecule has 0 aliphatic carbocycles. The topological polar surface area (TPSA) is 109 Å². The molecule has 0 aromatic heterocycles. The zero-order chi connectivity index (χ0) is 20.2. The van der Waals surface area contributed by atoms with Crippen LogP contribution in [0.5, 0.6) is 0 Å². The Bertz CT molecular complexity index is 1010. The molecule has 2 heterocycles. The number of anilines is 1. The molecule has 0 bridgehead atoms. The molecule has 10 heteroatoms. The lowest BCUT2D eigenvalue weighted by Gasteiger charge is -2.24. The molecular weight excluding hydrogens is 392 g/mol. The summed E-state index contributed by atoms with van der Waals surface area (Å²) in [5, 5.41) is 0. The van der Waals surface area contributed by atoms with E-state index >= 15 is 0 Å². The fraction of sp³-hybridized carbons (Fsp3) is 0.529. The van der Waals surface area contributed by atoms with Crippen LogP contribution < -0.4 is 4.31 Å². The van der Waals surface area contributed by atoms with Gasteiger partial charge in [0.2, 0.25) is 15.9 Å². The molecule has 3 rings (SSSR count). The lowest BCUT2D eigenvalue weighted by atomic mass is 9.95. The Balaban J connectivity index is 1.90. The smallest absolute Gasteiger partial charge is 0.253 e. The maximum Gasteiger partial charge on any atom is 0.253 e. The number of hydrogen-bond donors (Lipinski definition) is 0. The van der Waals surface area contributed by atoms with E-state index < -0.39 is 43.1 Å². The quantitative estimate of drug-likeness (QED) is 0.718. The van der Waals surface area contributed by atoms with Crippen LogP contribution in [0.3, 0.4) is 0 Å². The number of carbonyl (C=O) groups excluding carboxylic acids is 2. The van der Waals surface area contributed by atoms with E-state index in [2.05, 4.69) is 0 Å². The summed E-state index contributed by atoms with van der Waals surface area (Å²) in [6.07, 6.45) is 0.372. The number of sulfone groups is 1. The molecule has 8 nitrogen and oxygen atoms in total. The van der Waals surface area contributed by atoms with E-state index in [1.54, 1.807) is 13.8 Å². The second-order valence-corrected chi connectivity index (χ2v) is 11.8. The number of amides is 2. The number of sulfonamides is 1. The van der Waals surface area contributed by atoms with Crippen LogP contribution in [0.25, 0.3) is 0 Å². The average molecular weight is 415 g/mol. The Hall–Kier alpha value is -1.94. The largest absolute Gasteiger partial charge is 0.338 e. The summed E-state index contributed by atoms with van der Waals surface area (Å²) in [6, 6.07) is 5.44. The molecule has 2 fully saturated rings. The van der Waals surface area contributed by atoms with Crippen LogP contribution in [0.4, 0.5) is 5.69 Å². The highest BCUT2D eigenvalue weighted by Gasteiger charge is 2.50. The van der Waals surface area contributed by atoms with Crippen molar-refractivity contribution in [2.45, 2.75) is 26.3 Å². The summed E-state index contributed by atoms with van der Waals surface area (Å²) in [5.41, 5.74) is -0.718. The Morgan fingerprint density at radius 3 is 2.41 bits per heavy atom. The fourth-order valence-corrected chi connectivity index (χ4v) is 7.35. The van der Waals surface area contributed by atoms with Gasteiger partial charge in [0.25, 0.3) is 5.91 Å². The molecule has 2 aliphatic heterocycles. The molecule has 1 aromatic carbocycles. The fourth-order valence-electron chi connectivity index (χ4n) is 3.48. The molecule has 1 atom stereocenters. The Labute approximate surface area is 159 Å². The van der Waals surface area contributed by atoms with Gasteiger partial charge >= 0.3 is 0 Å². The zero-order valence-electron chi connectivity index (χ0n) is 15.4. The molecule has 1 aromatic rings. The van der Waals surface area contributed by atoms with Crippen molar-refractivity contribution in [2.75, 3.05) is 28.6 Å². The lowest BCUT2D eigenvalue weighted by molar-refractivity contribution is -0.123. The SMILES string of the molecule is CN(C(=O)c1cccc(N2C(=O)C(C)(C)CS2(=O)=O)c1)C1CCS(=O)(=O)C1. The molecule has 1 unspecified atom stereocenters. The van der Waals surface area contributed by atoms with Gasteiger partial charge in [-0.15, -0.1) is 0 Å². The van der Waals surface area contributed by atoms with Crippen molar-refractivity contribution >= 4 is 37.4 Å². The summed E-state index contributed by atoms with van der Waals surface area (Å²) in [7, 11) is -5.42. The minimum Gasteiger partial charge on any atom is -0.338 e. The van der Waals surface area contributed by atoms with Crippen LogP contribution in [-0.4, -0.2) is 63.9 Å². The van der Waals surface area contributed by atoms with E-state index in [1.165, 1.54) is 36.2 Å². The summed E-state index contributed by atoms with van der Waals surface area (Å²) in [4.78, 5) is 26.7. The third kappa shape index (κ3) is 3.60. The predicted molar refractivity (Wildman–Crippen MR) is 101 cm³/mol.